The lowest BCUT2D eigenvalue weighted by molar-refractivity contribution is 0.669. The smallest absolute Gasteiger partial charge is 0.164 e. The molecule has 4 heteroatoms. The van der Waals surface area contributed by atoms with Gasteiger partial charge in [-0.3, -0.25) is 0 Å². The van der Waals surface area contributed by atoms with E-state index in [4.69, 9.17) is 19.4 Å². The molecular formula is C45H29N3O. The number of aromatic nitrogens is 3. The lowest BCUT2D eigenvalue weighted by Gasteiger charge is -2.16. The number of nitrogens with zero attached hydrogens (tertiary/aromatic N) is 3. The number of fused-ring (bicyclic) bond motifs is 7. The van der Waals surface area contributed by atoms with Gasteiger partial charge in [-0.15, -0.1) is 0 Å². The molecule has 0 fully saturated rings. The molecule has 1 aliphatic carbocycles. The first kappa shape index (κ1) is 27.7. The van der Waals surface area contributed by atoms with E-state index in [2.05, 4.69) is 121 Å². The van der Waals surface area contributed by atoms with Crippen LogP contribution in [0.1, 0.15) is 18.4 Å². The highest BCUT2D eigenvalue weighted by Gasteiger charge is 2.20. The van der Waals surface area contributed by atoms with Gasteiger partial charge in [0, 0.05) is 27.5 Å². The number of hydrogen-bond donors (Lipinski definition) is 0. The maximum absolute atomic E-state index is 6.30. The van der Waals surface area contributed by atoms with Crippen LogP contribution in [0.15, 0.2) is 156 Å². The summed E-state index contributed by atoms with van der Waals surface area (Å²) in [5.41, 5.74) is 7.05. The highest BCUT2D eigenvalue weighted by atomic mass is 16.3. The standard InChI is InChI=1S/C45H29N3O/c1-2-13-28(14-3-1)38-27-31(25-29-15-4-7-18-33(29)38)43-46-44(37-22-12-24-41-42(37)36-21-10-11-23-40(36)49-41)48-45(47-43)39-26-30-16-5-6-17-32(30)34-19-8-9-20-35(34)39/h1-2,4-13,15-27H,3,14H2. The number of hydrogen-bond acceptors (Lipinski definition) is 4. The minimum Gasteiger partial charge on any atom is -0.456 e. The van der Waals surface area contributed by atoms with Crippen LogP contribution in [0.5, 0.6) is 0 Å². The Bertz CT molecular complexity index is 2840. The van der Waals surface area contributed by atoms with Gasteiger partial charge in [-0.1, -0.05) is 121 Å². The molecule has 9 aromatic rings. The second-order valence-corrected chi connectivity index (χ2v) is 12.7. The molecule has 0 bridgehead atoms. The van der Waals surface area contributed by atoms with Crippen molar-refractivity contribution >= 4 is 59.8 Å². The summed E-state index contributed by atoms with van der Waals surface area (Å²) in [7, 11) is 0. The molecule has 0 saturated carbocycles. The zero-order valence-electron chi connectivity index (χ0n) is 26.6. The molecule has 0 N–H and O–H groups in total. The van der Waals surface area contributed by atoms with E-state index in [1.165, 1.54) is 27.3 Å². The number of benzene rings is 7. The summed E-state index contributed by atoms with van der Waals surface area (Å²) in [4.78, 5) is 15.9. The first-order valence-corrected chi connectivity index (χ1v) is 16.8. The van der Waals surface area contributed by atoms with Crippen LogP contribution in [0.25, 0.3) is 94.0 Å². The molecule has 7 aromatic carbocycles. The summed E-state index contributed by atoms with van der Waals surface area (Å²) in [6, 6.07) is 46.7. The molecule has 0 radical (unpaired) electrons. The second-order valence-electron chi connectivity index (χ2n) is 12.7. The van der Waals surface area contributed by atoms with E-state index < -0.39 is 0 Å². The van der Waals surface area contributed by atoms with Gasteiger partial charge in [-0.25, -0.2) is 15.0 Å². The average molecular weight is 628 g/mol. The van der Waals surface area contributed by atoms with Gasteiger partial charge in [0.2, 0.25) is 0 Å². The Morgan fingerprint density at radius 2 is 1.12 bits per heavy atom. The molecule has 0 spiro atoms. The van der Waals surface area contributed by atoms with Crippen molar-refractivity contribution in [3.05, 3.63) is 157 Å². The maximum atomic E-state index is 6.30. The van der Waals surface area contributed by atoms with E-state index in [0.29, 0.717) is 17.5 Å². The number of rotatable bonds is 4. The molecule has 0 aliphatic heterocycles. The van der Waals surface area contributed by atoms with E-state index in [9.17, 15) is 0 Å². The quantitative estimate of drug-likeness (QED) is 0.182. The van der Waals surface area contributed by atoms with E-state index in [0.717, 1.165) is 67.6 Å². The number of para-hydroxylation sites is 1. The van der Waals surface area contributed by atoms with E-state index >= 15 is 0 Å². The lowest BCUT2D eigenvalue weighted by atomic mass is 9.91. The van der Waals surface area contributed by atoms with Crippen molar-refractivity contribution in [3.63, 3.8) is 0 Å². The SMILES string of the molecule is C1=CCCC(c2cc(-c3nc(-c4cc5ccccc5c5ccccc45)nc(-c4cccc5oc6ccccc6c45)n3)cc3ccccc23)=C1. The van der Waals surface area contributed by atoms with Crippen LogP contribution in [-0.4, -0.2) is 15.0 Å². The average Bonchev–Trinajstić information content (AvgIpc) is 3.56. The van der Waals surface area contributed by atoms with Crippen LogP contribution in [0.3, 0.4) is 0 Å². The van der Waals surface area contributed by atoms with Crippen molar-refractivity contribution in [1.29, 1.82) is 0 Å². The molecule has 2 aromatic heterocycles. The predicted molar refractivity (Wildman–Crippen MR) is 202 cm³/mol. The first-order chi connectivity index (χ1) is 24.3. The fourth-order valence-corrected chi connectivity index (χ4v) is 7.48. The van der Waals surface area contributed by atoms with Crippen molar-refractivity contribution in [2.45, 2.75) is 12.8 Å². The van der Waals surface area contributed by atoms with Crippen molar-refractivity contribution in [3.8, 4) is 34.2 Å². The van der Waals surface area contributed by atoms with E-state index in [1.807, 2.05) is 30.3 Å². The van der Waals surface area contributed by atoms with Crippen LogP contribution in [0.4, 0.5) is 0 Å². The van der Waals surface area contributed by atoms with Gasteiger partial charge in [0.15, 0.2) is 17.5 Å². The lowest BCUT2D eigenvalue weighted by Crippen LogP contribution is -2.02. The first-order valence-electron chi connectivity index (χ1n) is 16.8. The molecule has 1 aliphatic rings. The zero-order chi connectivity index (χ0) is 32.3. The minimum absolute atomic E-state index is 0.615. The van der Waals surface area contributed by atoms with Crippen LogP contribution in [0.2, 0.25) is 0 Å². The van der Waals surface area contributed by atoms with Crippen molar-refractivity contribution in [2.24, 2.45) is 0 Å². The van der Waals surface area contributed by atoms with E-state index in [1.54, 1.807) is 0 Å². The molecule has 230 valence electrons. The van der Waals surface area contributed by atoms with E-state index in [-0.39, 0.29) is 0 Å². The van der Waals surface area contributed by atoms with Gasteiger partial charge in [-0.2, -0.15) is 0 Å². The Balaban J connectivity index is 1.29. The Hall–Kier alpha value is -6.39. The summed E-state index contributed by atoms with van der Waals surface area (Å²) in [5.74, 6) is 1.89. The van der Waals surface area contributed by atoms with Crippen molar-refractivity contribution < 1.29 is 4.42 Å². The molecule has 4 nitrogen and oxygen atoms in total. The van der Waals surface area contributed by atoms with Gasteiger partial charge in [0.1, 0.15) is 11.2 Å². The fourth-order valence-electron chi connectivity index (χ4n) is 7.48. The molecule has 0 atom stereocenters. The summed E-state index contributed by atoms with van der Waals surface area (Å²) in [6.45, 7) is 0. The van der Waals surface area contributed by atoms with Gasteiger partial charge >= 0.3 is 0 Å². The largest absolute Gasteiger partial charge is 0.456 e. The Kier molecular flexibility index (Phi) is 6.28. The second kappa shape index (κ2) is 11.1. The highest BCUT2D eigenvalue weighted by molar-refractivity contribution is 6.14. The molecule has 0 unspecified atom stereocenters. The Morgan fingerprint density at radius 3 is 1.94 bits per heavy atom. The van der Waals surface area contributed by atoms with Crippen LogP contribution in [0, 0.1) is 0 Å². The van der Waals surface area contributed by atoms with Crippen molar-refractivity contribution in [2.75, 3.05) is 0 Å². The predicted octanol–water partition coefficient (Wildman–Crippen LogP) is 12.0. The van der Waals surface area contributed by atoms with Gasteiger partial charge in [0.25, 0.3) is 0 Å². The van der Waals surface area contributed by atoms with Crippen LogP contribution in [-0.2, 0) is 0 Å². The topological polar surface area (TPSA) is 51.8 Å². The molecule has 0 amide bonds. The molecular weight excluding hydrogens is 599 g/mol. The maximum Gasteiger partial charge on any atom is 0.164 e. The Labute approximate surface area is 282 Å². The third-order valence-electron chi connectivity index (χ3n) is 9.77. The zero-order valence-corrected chi connectivity index (χ0v) is 26.6. The van der Waals surface area contributed by atoms with Gasteiger partial charge in [-0.05, 0) is 86.6 Å². The molecule has 10 rings (SSSR count). The molecule has 2 heterocycles. The van der Waals surface area contributed by atoms with Gasteiger partial charge < -0.3 is 4.42 Å². The Morgan fingerprint density at radius 1 is 0.469 bits per heavy atom. The number of allylic oxidation sites excluding steroid dienone is 4. The van der Waals surface area contributed by atoms with Crippen LogP contribution >= 0.6 is 0 Å². The third kappa shape index (κ3) is 4.56. The van der Waals surface area contributed by atoms with Crippen molar-refractivity contribution in [1.82, 2.24) is 15.0 Å². The highest BCUT2D eigenvalue weighted by Crippen LogP contribution is 2.40. The minimum atomic E-state index is 0.615. The monoisotopic (exact) mass is 627 g/mol. The van der Waals surface area contributed by atoms with Gasteiger partial charge in [0.05, 0.1) is 0 Å². The third-order valence-corrected chi connectivity index (χ3v) is 9.77. The summed E-state index contributed by atoms with van der Waals surface area (Å²) in [6.07, 6.45) is 8.66. The number of furan rings is 1. The summed E-state index contributed by atoms with van der Waals surface area (Å²) < 4.78 is 6.30. The summed E-state index contributed by atoms with van der Waals surface area (Å²) >= 11 is 0. The van der Waals surface area contributed by atoms with Crippen LogP contribution < -0.4 is 0 Å². The molecule has 49 heavy (non-hydrogen) atoms. The fraction of sp³-hybridized carbons (Fsp3) is 0.0444. The molecule has 0 saturated heterocycles. The normalized spacial score (nSPS) is 13.2. The summed E-state index contributed by atoms with van der Waals surface area (Å²) in [5, 5.41) is 9.07.